The summed E-state index contributed by atoms with van der Waals surface area (Å²) in [6, 6.07) is 17.1. The maximum atomic E-state index is 12.8. The van der Waals surface area contributed by atoms with E-state index < -0.39 is 27.7 Å². The van der Waals surface area contributed by atoms with E-state index in [1.807, 2.05) is 6.92 Å². The maximum Gasteiger partial charge on any atom is 0.416 e. The van der Waals surface area contributed by atoms with Crippen molar-refractivity contribution in [3.8, 4) is 0 Å². The van der Waals surface area contributed by atoms with Gasteiger partial charge in [0.15, 0.2) is 0 Å². The largest absolute Gasteiger partial charge is 0.416 e. The predicted molar refractivity (Wildman–Crippen MR) is 116 cm³/mol. The number of anilines is 1. The molecule has 32 heavy (non-hydrogen) atoms. The molecule has 3 rings (SSSR count). The molecule has 0 saturated carbocycles. The summed E-state index contributed by atoms with van der Waals surface area (Å²) >= 11 is 0. The summed E-state index contributed by atoms with van der Waals surface area (Å²) in [5.41, 5.74) is 1.08. The lowest BCUT2D eigenvalue weighted by Crippen LogP contribution is -2.27. The molecule has 0 aliphatic carbocycles. The van der Waals surface area contributed by atoms with Gasteiger partial charge in [-0.1, -0.05) is 29.8 Å². The first-order valence-electron chi connectivity index (χ1n) is 9.58. The second-order valence-electron chi connectivity index (χ2n) is 7.21. The van der Waals surface area contributed by atoms with Crippen molar-refractivity contribution in [3.05, 3.63) is 95.1 Å². The molecule has 3 aromatic rings. The molecule has 1 amide bonds. The number of alkyl halides is 3. The number of sulfonamides is 1. The average molecular weight is 462 g/mol. The van der Waals surface area contributed by atoms with Crippen molar-refractivity contribution >= 4 is 21.6 Å². The summed E-state index contributed by atoms with van der Waals surface area (Å²) in [5.74, 6) is -0.488. The summed E-state index contributed by atoms with van der Waals surface area (Å²) in [7, 11) is -2.35. The fraction of sp³-hybridized carbons (Fsp3) is 0.174. The van der Waals surface area contributed by atoms with E-state index in [1.54, 1.807) is 12.1 Å². The lowest BCUT2D eigenvalue weighted by atomic mass is 10.1. The first kappa shape index (κ1) is 23.3. The third-order valence-corrected chi connectivity index (χ3v) is 6.68. The van der Waals surface area contributed by atoms with Crippen LogP contribution in [0.5, 0.6) is 0 Å². The van der Waals surface area contributed by atoms with E-state index in [4.69, 9.17) is 0 Å². The molecule has 9 heteroatoms. The number of carbonyl (C=O) groups is 1. The summed E-state index contributed by atoms with van der Waals surface area (Å²) < 4.78 is 65.1. The predicted octanol–water partition coefficient (Wildman–Crippen LogP) is 4.77. The Morgan fingerprint density at radius 2 is 1.59 bits per heavy atom. The Morgan fingerprint density at radius 3 is 2.19 bits per heavy atom. The molecule has 3 aromatic carbocycles. The molecule has 0 radical (unpaired) electrons. The molecule has 0 atom stereocenters. The Kier molecular flexibility index (Phi) is 6.59. The lowest BCUT2D eigenvalue weighted by molar-refractivity contribution is -0.137. The monoisotopic (exact) mass is 462 g/mol. The van der Waals surface area contributed by atoms with Gasteiger partial charge in [0.1, 0.15) is 0 Å². The molecular formula is C23H21F3N2O3S. The number of amides is 1. The number of aryl methyl sites for hydroxylation is 1. The van der Waals surface area contributed by atoms with Crippen LogP contribution in [0, 0.1) is 6.92 Å². The first-order chi connectivity index (χ1) is 15.0. The van der Waals surface area contributed by atoms with Crippen molar-refractivity contribution in [3.63, 3.8) is 0 Å². The van der Waals surface area contributed by atoms with Crippen molar-refractivity contribution in [2.45, 2.75) is 24.5 Å². The zero-order valence-corrected chi connectivity index (χ0v) is 18.2. The highest BCUT2D eigenvalue weighted by atomic mass is 32.2. The maximum absolute atomic E-state index is 12.8. The van der Waals surface area contributed by atoms with Gasteiger partial charge in [0, 0.05) is 19.2 Å². The summed E-state index contributed by atoms with van der Waals surface area (Å²) in [6.45, 7) is 1.78. The highest BCUT2D eigenvalue weighted by Crippen LogP contribution is 2.29. The Hall–Kier alpha value is -3.33. The molecular weight excluding hydrogens is 441 g/mol. The first-order valence-corrected chi connectivity index (χ1v) is 11.0. The number of benzene rings is 3. The zero-order valence-electron chi connectivity index (χ0n) is 17.3. The SMILES string of the molecule is Cc1ccc(S(=O)(=O)N(C)c2ccc(C(=O)NCc3cccc(C(F)(F)F)c3)cc2)cc1. The Balaban J connectivity index is 1.68. The Labute approximate surface area is 184 Å². The van der Waals surface area contributed by atoms with E-state index in [2.05, 4.69) is 5.32 Å². The van der Waals surface area contributed by atoms with Gasteiger partial charge in [0.2, 0.25) is 0 Å². The van der Waals surface area contributed by atoms with Crippen LogP contribution in [0.25, 0.3) is 0 Å². The van der Waals surface area contributed by atoms with Crippen LogP contribution in [0.4, 0.5) is 18.9 Å². The van der Waals surface area contributed by atoms with E-state index in [0.29, 0.717) is 11.3 Å². The number of carbonyl (C=O) groups excluding carboxylic acids is 1. The van der Waals surface area contributed by atoms with E-state index in [9.17, 15) is 26.4 Å². The summed E-state index contributed by atoms with van der Waals surface area (Å²) in [4.78, 5) is 12.5. The van der Waals surface area contributed by atoms with Crippen LogP contribution < -0.4 is 9.62 Å². The van der Waals surface area contributed by atoms with Crippen LogP contribution in [-0.4, -0.2) is 21.4 Å². The topological polar surface area (TPSA) is 66.5 Å². The normalized spacial score (nSPS) is 11.8. The van der Waals surface area contributed by atoms with Crippen LogP contribution in [0.3, 0.4) is 0 Å². The number of halogens is 3. The molecule has 0 spiro atoms. The Bertz CT molecular complexity index is 1210. The van der Waals surface area contributed by atoms with Gasteiger partial charge in [-0.05, 0) is 61.0 Å². The summed E-state index contributed by atoms with van der Waals surface area (Å²) in [6.07, 6.45) is -4.46. The fourth-order valence-corrected chi connectivity index (χ4v) is 4.17. The van der Waals surface area contributed by atoms with Crippen LogP contribution >= 0.6 is 0 Å². The minimum atomic E-state index is -4.46. The number of nitrogens with zero attached hydrogens (tertiary/aromatic N) is 1. The minimum Gasteiger partial charge on any atom is -0.348 e. The van der Waals surface area contributed by atoms with E-state index >= 15 is 0 Å². The molecule has 1 N–H and O–H groups in total. The highest BCUT2D eigenvalue weighted by molar-refractivity contribution is 7.92. The van der Waals surface area contributed by atoms with E-state index in [0.717, 1.165) is 22.0 Å². The standard InChI is InChI=1S/C23H21F3N2O3S/c1-16-6-12-21(13-7-16)32(30,31)28(2)20-10-8-18(9-11-20)22(29)27-15-17-4-3-5-19(14-17)23(24,25)26/h3-14H,15H2,1-2H3,(H,27,29). The molecule has 0 heterocycles. The molecule has 0 bridgehead atoms. The minimum absolute atomic E-state index is 0.0772. The van der Waals surface area contributed by atoms with Crippen molar-refractivity contribution in [2.75, 3.05) is 11.4 Å². The molecule has 0 aliphatic rings. The van der Waals surface area contributed by atoms with Gasteiger partial charge in [-0.2, -0.15) is 13.2 Å². The number of hydrogen-bond donors (Lipinski definition) is 1. The van der Waals surface area contributed by atoms with Crippen molar-refractivity contribution < 1.29 is 26.4 Å². The van der Waals surface area contributed by atoms with Gasteiger partial charge in [0.25, 0.3) is 15.9 Å². The number of hydrogen-bond acceptors (Lipinski definition) is 3. The molecule has 0 fully saturated rings. The third-order valence-electron chi connectivity index (χ3n) is 4.88. The molecule has 0 aromatic heterocycles. The van der Waals surface area contributed by atoms with Crippen molar-refractivity contribution in [1.29, 1.82) is 0 Å². The van der Waals surface area contributed by atoms with E-state index in [1.165, 1.54) is 55.6 Å². The van der Waals surface area contributed by atoms with Gasteiger partial charge in [-0.25, -0.2) is 8.42 Å². The molecule has 168 valence electrons. The van der Waals surface area contributed by atoms with Crippen LogP contribution in [-0.2, 0) is 22.7 Å². The second kappa shape index (κ2) is 9.04. The lowest BCUT2D eigenvalue weighted by Gasteiger charge is -2.20. The number of rotatable bonds is 6. The molecule has 0 aliphatic heterocycles. The molecule has 0 unspecified atom stereocenters. The quantitative estimate of drug-likeness (QED) is 0.574. The van der Waals surface area contributed by atoms with Crippen molar-refractivity contribution in [2.24, 2.45) is 0 Å². The smallest absolute Gasteiger partial charge is 0.348 e. The summed E-state index contributed by atoms with van der Waals surface area (Å²) in [5, 5.41) is 2.57. The molecule has 0 saturated heterocycles. The second-order valence-corrected chi connectivity index (χ2v) is 9.18. The van der Waals surface area contributed by atoms with Crippen LogP contribution in [0.2, 0.25) is 0 Å². The fourth-order valence-electron chi connectivity index (χ4n) is 2.97. The van der Waals surface area contributed by atoms with Gasteiger partial charge in [0.05, 0.1) is 16.1 Å². The van der Waals surface area contributed by atoms with Crippen LogP contribution in [0.1, 0.15) is 27.0 Å². The van der Waals surface area contributed by atoms with Crippen LogP contribution in [0.15, 0.2) is 77.7 Å². The zero-order chi connectivity index (χ0) is 23.5. The molecule has 5 nitrogen and oxygen atoms in total. The number of nitrogens with one attached hydrogen (secondary N) is 1. The average Bonchev–Trinajstić information content (AvgIpc) is 2.77. The van der Waals surface area contributed by atoms with Gasteiger partial charge in [-0.3, -0.25) is 9.10 Å². The van der Waals surface area contributed by atoms with Crippen molar-refractivity contribution in [1.82, 2.24) is 5.32 Å². The van der Waals surface area contributed by atoms with Gasteiger partial charge < -0.3 is 5.32 Å². The Morgan fingerprint density at radius 1 is 0.969 bits per heavy atom. The van der Waals surface area contributed by atoms with Gasteiger partial charge in [-0.15, -0.1) is 0 Å². The van der Waals surface area contributed by atoms with E-state index in [-0.39, 0.29) is 17.0 Å². The van der Waals surface area contributed by atoms with Gasteiger partial charge >= 0.3 is 6.18 Å². The highest BCUT2D eigenvalue weighted by Gasteiger charge is 2.30. The third kappa shape index (κ3) is 5.28.